The van der Waals surface area contributed by atoms with E-state index in [9.17, 15) is 0 Å². The minimum absolute atomic E-state index is 0.135. The molecule has 0 saturated heterocycles. The summed E-state index contributed by atoms with van der Waals surface area (Å²) in [6, 6.07) is 3.37. The van der Waals surface area contributed by atoms with Crippen molar-refractivity contribution in [1.82, 2.24) is 4.98 Å². The molecule has 1 rings (SSSR count). The highest BCUT2D eigenvalue weighted by Crippen LogP contribution is 2.10. The van der Waals surface area contributed by atoms with Crippen LogP contribution in [-0.4, -0.2) is 10.8 Å². The van der Waals surface area contributed by atoms with Crippen molar-refractivity contribution in [1.29, 1.82) is 0 Å². The Balaban J connectivity index is 3.14. The van der Waals surface area contributed by atoms with E-state index in [1.165, 1.54) is 0 Å². The molecule has 0 aliphatic rings. The first-order valence-corrected chi connectivity index (χ1v) is 3.27. The van der Waals surface area contributed by atoms with Crippen LogP contribution in [0.5, 0.6) is 0 Å². The van der Waals surface area contributed by atoms with Crippen LogP contribution < -0.4 is 11.6 Å². The highest BCUT2D eigenvalue weighted by atomic mass is 35.5. The highest BCUT2D eigenvalue weighted by Gasteiger charge is 2.03. The molecule has 0 atom stereocenters. The van der Waals surface area contributed by atoms with Gasteiger partial charge in [0.2, 0.25) is 0 Å². The molecular formula is C6H7ClN4. The summed E-state index contributed by atoms with van der Waals surface area (Å²) in [4.78, 5) is 3.88. The zero-order chi connectivity index (χ0) is 8.27. The van der Waals surface area contributed by atoms with Crippen LogP contribution in [0.3, 0.4) is 0 Å². The predicted molar refractivity (Wildman–Crippen MR) is 44.2 cm³/mol. The summed E-state index contributed by atoms with van der Waals surface area (Å²) in [7, 11) is 0. The van der Waals surface area contributed by atoms with Crippen molar-refractivity contribution in [3.8, 4) is 0 Å². The van der Waals surface area contributed by atoms with E-state index in [2.05, 4.69) is 10.1 Å². The molecule has 0 radical (unpaired) electrons. The van der Waals surface area contributed by atoms with Gasteiger partial charge in [0, 0.05) is 6.20 Å². The molecule has 4 N–H and O–H groups in total. The maximum atomic E-state index is 5.72. The van der Waals surface area contributed by atoms with E-state index in [0.29, 0.717) is 10.7 Å². The second kappa shape index (κ2) is 3.21. The number of hydrogen-bond acceptors (Lipinski definition) is 3. The van der Waals surface area contributed by atoms with Gasteiger partial charge in [0.25, 0.3) is 0 Å². The Morgan fingerprint density at radius 1 is 1.64 bits per heavy atom. The Kier molecular flexibility index (Phi) is 2.28. The first-order chi connectivity index (χ1) is 5.25. The smallest absolute Gasteiger partial charge is 0.170 e. The standard InChI is InChI=1S/C6H7ClN4/c7-4-2-1-3-10-5(4)6(8)11-9/h1-3H,9H2,(H2,8,11). The topological polar surface area (TPSA) is 77.3 Å². The van der Waals surface area contributed by atoms with Gasteiger partial charge in [-0.05, 0) is 12.1 Å². The zero-order valence-corrected chi connectivity index (χ0v) is 6.42. The summed E-state index contributed by atoms with van der Waals surface area (Å²) in [6.45, 7) is 0. The summed E-state index contributed by atoms with van der Waals surface area (Å²) < 4.78 is 0. The zero-order valence-electron chi connectivity index (χ0n) is 5.66. The number of aromatic nitrogens is 1. The molecule has 11 heavy (non-hydrogen) atoms. The predicted octanol–water partition coefficient (Wildman–Crippen LogP) is 0.314. The van der Waals surface area contributed by atoms with Crippen LogP contribution >= 0.6 is 11.6 Å². The van der Waals surface area contributed by atoms with Crippen molar-refractivity contribution in [3.63, 3.8) is 0 Å². The number of halogens is 1. The fraction of sp³-hybridized carbons (Fsp3) is 0. The lowest BCUT2D eigenvalue weighted by atomic mass is 10.3. The molecular weight excluding hydrogens is 164 g/mol. The number of amidine groups is 1. The Labute approximate surface area is 68.9 Å². The van der Waals surface area contributed by atoms with E-state index in [-0.39, 0.29) is 5.84 Å². The van der Waals surface area contributed by atoms with Crippen LogP contribution in [0.15, 0.2) is 23.4 Å². The normalized spacial score (nSPS) is 11.5. The average Bonchev–Trinajstić information content (AvgIpc) is 2.04. The molecule has 0 aliphatic carbocycles. The molecule has 0 saturated carbocycles. The minimum Gasteiger partial charge on any atom is -0.380 e. The Morgan fingerprint density at radius 3 is 2.91 bits per heavy atom. The van der Waals surface area contributed by atoms with Crippen molar-refractivity contribution in [2.24, 2.45) is 16.7 Å². The van der Waals surface area contributed by atoms with Crippen molar-refractivity contribution in [2.75, 3.05) is 0 Å². The summed E-state index contributed by atoms with van der Waals surface area (Å²) in [5, 5.41) is 3.71. The minimum atomic E-state index is 0.135. The maximum Gasteiger partial charge on any atom is 0.170 e. The van der Waals surface area contributed by atoms with Crippen molar-refractivity contribution in [3.05, 3.63) is 29.0 Å². The first-order valence-electron chi connectivity index (χ1n) is 2.90. The van der Waals surface area contributed by atoms with Gasteiger partial charge in [0.15, 0.2) is 5.84 Å². The second-order valence-corrected chi connectivity index (χ2v) is 2.26. The highest BCUT2D eigenvalue weighted by molar-refractivity contribution is 6.33. The van der Waals surface area contributed by atoms with Gasteiger partial charge >= 0.3 is 0 Å². The van der Waals surface area contributed by atoms with Crippen molar-refractivity contribution in [2.45, 2.75) is 0 Å². The van der Waals surface area contributed by atoms with E-state index in [4.69, 9.17) is 23.2 Å². The molecule has 58 valence electrons. The third-order valence-electron chi connectivity index (χ3n) is 1.14. The average molecular weight is 171 g/mol. The molecule has 1 aromatic heterocycles. The molecule has 0 aliphatic heterocycles. The van der Waals surface area contributed by atoms with Gasteiger partial charge in [0.1, 0.15) is 5.69 Å². The Bertz CT molecular complexity index is 284. The monoisotopic (exact) mass is 170 g/mol. The van der Waals surface area contributed by atoms with E-state index >= 15 is 0 Å². The first kappa shape index (κ1) is 7.81. The fourth-order valence-electron chi connectivity index (χ4n) is 0.635. The quantitative estimate of drug-likeness (QED) is 0.276. The summed E-state index contributed by atoms with van der Waals surface area (Å²) >= 11 is 5.72. The van der Waals surface area contributed by atoms with Crippen LogP contribution in [0.1, 0.15) is 5.69 Å². The lowest BCUT2D eigenvalue weighted by Gasteiger charge is -1.98. The third kappa shape index (κ3) is 1.59. The summed E-state index contributed by atoms with van der Waals surface area (Å²) in [5.74, 6) is 5.07. The second-order valence-electron chi connectivity index (χ2n) is 1.85. The van der Waals surface area contributed by atoms with Crippen molar-refractivity contribution < 1.29 is 0 Å². The molecule has 0 amide bonds. The Hall–Kier alpha value is -1.29. The van der Waals surface area contributed by atoms with Gasteiger partial charge in [-0.25, -0.2) is 0 Å². The van der Waals surface area contributed by atoms with Crippen LogP contribution in [0, 0.1) is 0 Å². The van der Waals surface area contributed by atoms with Crippen LogP contribution in [0.4, 0.5) is 0 Å². The van der Waals surface area contributed by atoms with Gasteiger partial charge in [-0.15, -0.1) is 0 Å². The number of rotatable bonds is 1. The largest absolute Gasteiger partial charge is 0.380 e. The lowest BCUT2D eigenvalue weighted by molar-refractivity contribution is 1.19. The molecule has 0 unspecified atom stereocenters. The summed E-state index contributed by atoms with van der Waals surface area (Å²) in [5.41, 5.74) is 5.79. The molecule has 5 heteroatoms. The van der Waals surface area contributed by atoms with E-state index in [0.717, 1.165) is 0 Å². The fourth-order valence-corrected chi connectivity index (χ4v) is 0.854. The van der Waals surface area contributed by atoms with Gasteiger partial charge in [-0.3, -0.25) is 4.98 Å². The molecule has 0 bridgehead atoms. The van der Waals surface area contributed by atoms with Gasteiger partial charge in [0.05, 0.1) is 5.02 Å². The van der Waals surface area contributed by atoms with Crippen LogP contribution in [0.25, 0.3) is 0 Å². The molecule has 1 heterocycles. The van der Waals surface area contributed by atoms with Gasteiger partial charge in [-0.1, -0.05) is 11.6 Å². The van der Waals surface area contributed by atoms with E-state index < -0.39 is 0 Å². The lowest BCUT2D eigenvalue weighted by Crippen LogP contribution is -2.17. The molecule has 0 spiro atoms. The SMILES string of the molecule is N/N=C(/N)c1ncccc1Cl. The molecule has 1 aromatic rings. The summed E-state index contributed by atoms with van der Waals surface area (Å²) in [6.07, 6.45) is 1.57. The number of hydrogen-bond donors (Lipinski definition) is 2. The van der Waals surface area contributed by atoms with E-state index in [1.807, 2.05) is 0 Å². The number of nitrogens with two attached hydrogens (primary N) is 2. The maximum absolute atomic E-state index is 5.72. The van der Waals surface area contributed by atoms with E-state index in [1.54, 1.807) is 18.3 Å². The van der Waals surface area contributed by atoms with Crippen molar-refractivity contribution >= 4 is 17.4 Å². The van der Waals surface area contributed by atoms with Gasteiger partial charge in [-0.2, -0.15) is 5.10 Å². The molecule has 4 nitrogen and oxygen atoms in total. The number of nitrogens with zero attached hydrogens (tertiary/aromatic N) is 2. The van der Waals surface area contributed by atoms with Crippen LogP contribution in [0.2, 0.25) is 5.02 Å². The number of pyridine rings is 1. The van der Waals surface area contributed by atoms with Crippen LogP contribution in [-0.2, 0) is 0 Å². The Morgan fingerprint density at radius 2 is 2.36 bits per heavy atom. The van der Waals surface area contributed by atoms with Gasteiger partial charge < -0.3 is 11.6 Å². The molecule has 0 fully saturated rings. The number of hydrazone groups is 1. The third-order valence-corrected chi connectivity index (χ3v) is 1.45. The molecule has 0 aromatic carbocycles.